The molecule has 0 aromatic heterocycles. The minimum atomic E-state index is -0.349. The first-order chi connectivity index (χ1) is 13.8. The van der Waals surface area contributed by atoms with Crippen molar-refractivity contribution in [3.8, 4) is 17.2 Å². The molecule has 2 aromatic rings. The second-order valence-electron chi connectivity index (χ2n) is 7.49. The van der Waals surface area contributed by atoms with Crippen LogP contribution < -0.4 is 10.1 Å². The average Bonchev–Trinajstić information content (AvgIpc) is 3.12. The molecule has 0 spiro atoms. The second kappa shape index (κ2) is 8.43. The van der Waals surface area contributed by atoms with Crippen LogP contribution in [-0.4, -0.2) is 28.9 Å². The number of phenols is 2. The fourth-order valence-corrected chi connectivity index (χ4v) is 3.30. The summed E-state index contributed by atoms with van der Waals surface area (Å²) in [5, 5.41) is 26.9. The molecule has 29 heavy (non-hydrogen) atoms. The van der Waals surface area contributed by atoms with E-state index in [0.29, 0.717) is 23.6 Å². The van der Waals surface area contributed by atoms with Crippen LogP contribution in [-0.2, 0) is 9.63 Å². The third kappa shape index (κ3) is 4.62. The van der Waals surface area contributed by atoms with Crippen molar-refractivity contribution in [1.29, 1.82) is 0 Å². The molecule has 1 heterocycles. The quantitative estimate of drug-likeness (QED) is 0.627. The number of nitrogens with one attached hydrogen (secondary N) is 1. The van der Waals surface area contributed by atoms with Crippen molar-refractivity contribution in [2.24, 2.45) is 5.16 Å². The molecule has 0 saturated heterocycles. The number of carbonyl (C=O) groups excluding carboxylic acids is 1. The van der Waals surface area contributed by atoms with E-state index < -0.39 is 0 Å². The Morgan fingerprint density at radius 2 is 2.03 bits per heavy atom. The normalized spacial score (nSPS) is 15.8. The average molecular weight is 398 g/mol. The highest BCUT2D eigenvalue weighted by Crippen LogP contribution is 2.35. The molecule has 1 aliphatic heterocycles. The SMILES string of the molecule is COc1ccc(C2CC(CC(=O)Nc3cc(C(C)C)c(O)cc3C)=NO2)cc1O. The number of phenolic OH excluding ortho intramolecular Hbond substituents is 2. The van der Waals surface area contributed by atoms with Gasteiger partial charge in [0.05, 0.1) is 19.2 Å². The van der Waals surface area contributed by atoms with Gasteiger partial charge in [-0.2, -0.15) is 0 Å². The number of aromatic hydroxyl groups is 2. The van der Waals surface area contributed by atoms with Gasteiger partial charge < -0.3 is 25.1 Å². The van der Waals surface area contributed by atoms with Gasteiger partial charge >= 0.3 is 0 Å². The lowest BCUT2D eigenvalue weighted by molar-refractivity contribution is -0.115. The predicted octanol–water partition coefficient (Wildman–Crippen LogP) is 4.38. The summed E-state index contributed by atoms with van der Waals surface area (Å²) >= 11 is 0. The Hall–Kier alpha value is -3.22. The maximum Gasteiger partial charge on any atom is 0.230 e. The molecular formula is C22H26N2O5. The molecule has 2 aromatic carbocycles. The molecule has 0 saturated carbocycles. The van der Waals surface area contributed by atoms with E-state index in [0.717, 1.165) is 16.7 Å². The summed E-state index contributed by atoms with van der Waals surface area (Å²) in [6, 6.07) is 8.51. The molecular weight excluding hydrogens is 372 g/mol. The maximum atomic E-state index is 12.5. The predicted molar refractivity (Wildman–Crippen MR) is 111 cm³/mol. The molecule has 1 aliphatic rings. The summed E-state index contributed by atoms with van der Waals surface area (Å²) in [6.45, 7) is 5.80. The van der Waals surface area contributed by atoms with Gasteiger partial charge in [0.15, 0.2) is 17.6 Å². The Bertz CT molecular complexity index is 952. The Morgan fingerprint density at radius 3 is 2.69 bits per heavy atom. The summed E-state index contributed by atoms with van der Waals surface area (Å²) in [5.41, 5.74) is 3.64. The topological polar surface area (TPSA) is 100 Å². The van der Waals surface area contributed by atoms with E-state index in [4.69, 9.17) is 9.57 Å². The molecule has 1 atom stereocenters. The zero-order valence-corrected chi connectivity index (χ0v) is 17.0. The van der Waals surface area contributed by atoms with Crippen LogP contribution in [0.25, 0.3) is 0 Å². The van der Waals surface area contributed by atoms with E-state index in [2.05, 4.69) is 10.5 Å². The van der Waals surface area contributed by atoms with Gasteiger partial charge in [0.25, 0.3) is 0 Å². The van der Waals surface area contributed by atoms with Gasteiger partial charge in [0.2, 0.25) is 5.91 Å². The second-order valence-corrected chi connectivity index (χ2v) is 7.49. The molecule has 7 heteroatoms. The van der Waals surface area contributed by atoms with Crippen LogP contribution >= 0.6 is 0 Å². The molecule has 0 fully saturated rings. The summed E-state index contributed by atoms with van der Waals surface area (Å²) in [4.78, 5) is 17.9. The van der Waals surface area contributed by atoms with Crippen molar-refractivity contribution in [3.63, 3.8) is 0 Å². The van der Waals surface area contributed by atoms with Gasteiger partial charge in [-0.05, 0) is 53.8 Å². The third-order valence-corrected chi connectivity index (χ3v) is 4.94. The fourth-order valence-electron chi connectivity index (χ4n) is 3.30. The third-order valence-electron chi connectivity index (χ3n) is 4.94. The number of rotatable bonds is 6. The summed E-state index contributed by atoms with van der Waals surface area (Å²) < 4.78 is 5.04. The van der Waals surface area contributed by atoms with Gasteiger partial charge in [-0.25, -0.2) is 0 Å². The number of aryl methyl sites for hydroxylation is 1. The first kappa shape index (κ1) is 20.5. The lowest BCUT2D eigenvalue weighted by atomic mass is 9.99. The van der Waals surface area contributed by atoms with E-state index in [-0.39, 0.29) is 35.8 Å². The van der Waals surface area contributed by atoms with Gasteiger partial charge in [0.1, 0.15) is 5.75 Å². The summed E-state index contributed by atoms with van der Waals surface area (Å²) in [6.07, 6.45) is 0.221. The molecule has 0 radical (unpaired) electrons. The van der Waals surface area contributed by atoms with E-state index in [1.54, 1.807) is 24.3 Å². The van der Waals surface area contributed by atoms with Crippen molar-refractivity contribution >= 4 is 17.3 Å². The number of carbonyl (C=O) groups is 1. The van der Waals surface area contributed by atoms with Crippen molar-refractivity contribution in [1.82, 2.24) is 0 Å². The van der Waals surface area contributed by atoms with Gasteiger partial charge in [-0.15, -0.1) is 0 Å². The molecule has 3 rings (SSSR count). The van der Waals surface area contributed by atoms with Crippen LogP contribution in [0.3, 0.4) is 0 Å². The minimum Gasteiger partial charge on any atom is -0.508 e. The first-order valence-corrected chi connectivity index (χ1v) is 9.50. The number of ether oxygens (including phenoxy) is 1. The summed E-state index contributed by atoms with van der Waals surface area (Å²) in [5.74, 6) is 0.588. The van der Waals surface area contributed by atoms with Gasteiger partial charge in [-0.1, -0.05) is 25.1 Å². The number of hydrogen-bond donors (Lipinski definition) is 3. The first-order valence-electron chi connectivity index (χ1n) is 9.50. The van der Waals surface area contributed by atoms with E-state index >= 15 is 0 Å². The molecule has 0 bridgehead atoms. The number of hydrogen-bond acceptors (Lipinski definition) is 6. The van der Waals surface area contributed by atoms with Crippen molar-refractivity contribution in [2.45, 2.75) is 45.6 Å². The Balaban J connectivity index is 1.62. The number of anilines is 1. The van der Waals surface area contributed by atoms with Crippen molar-refractivity contribution < 1.29 is 24.6 Å². The molecule has 0 aliphatic carbocycles. The Labute approximate surface area is 170 Å². The van der Waals surface area contributed by atoms with Gasteiger partial charge in [-0.3, -0.25) is 4.79 Å². The lowest BCUT2D eigenvalue weighted by Gasteiger charge is -2.14. The Kier molecular flexibility index (Phi) is 5.96. The molecule has 1 amide bonds. The summed E-state index contributed by atoms with van der Waals surface area (Å²) in [7, 11) is 1.49. The van der Waals surface area contributed by atoms with Crippen molar-refractivity contribution in [2.75, 3.05) is 12.4 Å². The number of oxime groups is 1. The largest absolute Gasteiger partial charge is 0.508 e. The highest BCUT2D eigenvalue weighted by molar-refractivity contribution is 6.07. The van der Waals surface area contributed by atoms with Crippen molar-refractivity contribution in [3.05, 3.63) is 47.0 Å². The smallest absolute Gasteiger partial charge is 0.230 e. The fraction of sp³-hybridized carbons (Fsp3) is 0.364. The van der Waals surface area contributed by atoms with Gasteiger partial charge in [0, 0.05) is 12.1 Å². The van der Waals surface area contributed by atoms with Crippen LogP contribution in [0.4, 0.5) is 5.69 Å². The van der Waals surface area contributed by atoms with Crippen LogP contribution in [0.5, 0.6) is 17.2 Å². The van der Waals surface area contributed by atoms with E-state index in [9.17, 15) is 15.0 Å². The van der Waals surface area contributed by atoms with Crippen LogP contribution in [0.15, 0.2) is 35.5 Å². The molecule has 7 nitrogen and oxygen atoms in total. The maximum absolute atomic E-state index is 12.5. The zero-order chi connectivity index (χ0) is 21.1. The van der Waals surface area contributed by atoms with Crippen LogP contribution in [0, 0.1) is 6.92 Å². The Morgan fingerprint density at radius 1 is 1.28 bits per heavy atom. The number of nitrogens with zero attached hydrogens (tertiary/aromatic N) is 1. The number of benzene rings is 2. The molecule has 3 N–H and O–H groups in total. The minimum absolute atomic E-state index is 0.0311. The van der Waals surface area contributed by atoms with Crippen LogP contribution in [0.2, 0.25) is 0 Å². The molecule has 154 valence electrons. The monoisotopic (exact) mass is 398 g/mol. The lowest BCUT2D eigenvalue weighted by Crippen LogP contribution is -2.17. The molecule has 1 unspecified atom stereocenters. The van der Waals surface area contributed by atoms with E-state index in [1.165, 1.54) is 7.11 Å². The standard InChI is InChI=1S/C22H26N2O5/c1-12(2)16-11-17(13(3)7-18(16)25)23-22(27)10-15-9-21(29-24-15)14-5-6-20(28-4)19(26)8-14/h5-8,11-12,21,25-26H,9-10H2,1-4H3,(H,23,27). The number of amides is 1. The zero-order valence-electron chi connectivity index (χ0n) is 17.0. The van der Waals surface area contributed by atoms with Crippen LogP contribution in [0.1, 0.15) is 55.4 Å². The highest BCUT2D eigenvalue weighted by Gasteiger charge is 2.25. The highest BCUT2D eigenvalue weighted by atomic mass is 16.6. The van der Waals surface area contributed by atoms with E-state index in [1.807, 2.05) is 26.8 Å². The number of methoxy groups -OCH3 is 1.